The summed E-state index contributed by atoms with van der Waals surface area (Å²) in [5, 5.41) is 4.73. The minimum atomic E-state index is -0.406. The molecule has 0 saturated carbocycles. The number of rotatable bonds is 7. The summed E-state index contributed by atoms with van der Waals surface area (Å²) in [5.74, 6) is 0.714. The van der Waals surface area contributed by atoms with Crippen LogP contribution in [-0.2, 0) is 4.79 Å². The molecule has 0 aliphatic heterocycles. The predicted octanol–water partition coefficient (Wildman–Crippen LogP) is 4.31. The van der Waals surface area contributed by atoms with Gasteiger partial charge in [0.1, 0.15) is 11.5 Å². The maximum absolute atomic E-state index is 11.8. The first-order valence-electron chi connectivity index (χ1n) is 7.60. The van der Waals surface area contributed by atoms with E-state index in [9.17, 15) is 4.79 Å². The topological polar surface area (TPSA) is 59.9 Å². The molecule has 2 rings (SSSR count). The van der Waals surface area contributed by atoms with Crippen molar-refractivity contribution in [3.05, 3.63) is 58.1 Å². The Balaban J connectivity index is 1.84. The Hall–Kier alpha value is -2.24. The first-order chi connectivity index (χ1) is 11.9. The molecule has 132 valence electrons. The van der Waals surface area contributed by atoms with E-state index in [1.54, 1.807) is 18.2 Å². The second kappa shape index (κ2) is 9.30. The second-order valence-corrected chi connectivity index (χ2v) is 6.24. The van der Waals surface area contributed by atoms with Crippen LogP contribution in [0.25, 0.3) is 0 Å². The zero-order chi connectivity index (χ0) is 18.2. The van der Waals surface area contributed by atoms with E-state index in [0.717, 1.165) is 11.3 Å². The summed E-state index contributed by atoms with van der Waals surface area (Å²) in [6, 6.07) is 12.2. The Bertz CT molecular complexity index is 764. The zero-order valence-corrected chi connectivity index (χ0v) is 15.3. The molecule has 0 saturated heterocycles. The highest BCUT2D eigenvalue weighted by molar-refractivity contribution is 6.35. The van der Waals surface area contributed by atoms with E-state index in [2.05, 4.69) is 10.5 Å². The number of nitrogens with zero attached hydrogens (tertiary/aromatic N) is 1. The van der Waals surface area contributed by atoms with Crippen molar-refractivity contribution in [2.75, 3.05) is 6.61 Å². The summed E-state index contributed by atoms with van der Waals surface area (Å²) in [6.07, 6.45) is 1.61. The van der Waals surface area contributed by atoms with Crippen LogP contribution in [0.1, 0.15) is 19.4 Å². The SMILES string of the molecule is CC(C)Oc1cccc(/C=N/NC(=O)COc2ccc(Cl)cc2Cl)c1. The van der Waals surface area contributed by atoms with Crippen LogP contribution in [0.15, 0.2) is 47.6 Å². The summed E-state index contributed by atoms with van der Waals surface area (Å²) >= 11 is 11.8. The molecule has 1 N–H and O–H groups in total. The van der Waals surface area contributed by atoms with Crippen molar-refractivity contribution < 1.29 is 14.3 Å². The predicted molar refractivity (Wildman–Crippen MR) is 99.9 cm³/mol. The lowest BCUT2D eigenvalue weighted by Gasteiger charge is -2.09. The number of hydrogen-bond acceptors (Lipinski definition) is 4. The Morgan fingerprint density at radius 3 is 2.76 bits per heavy atom. The Morgan fingerprint density at radius 2 is 2.04 bits per heavy atom. The van der Waals surface area contributed by atoms with Gasteiger partial charge < -0.3 is 9.47 Å². The lowest BCUT2D eigenvalue weighted by Crippen LogP contribution is -2.24. The fourth-order valence-corrected chi connectivity index (χ4v) is 2.35. The van der Waals surface area contributed by atoms with E-state index < -0.39 is 5.91 Å². The summed E-state index contributed by atoms with van der Waals surface area (Å²) < 4.78 is 10.9. The van der Waals surface area contributed by atoms with Crippen LogP contribution >= 0.6 is 23.2 Å². The highest BCUT2D eigenvalue weighted by Gasteiger charge is 2.06. The van der Waals surface area contributed by atoms with Gasteiger partial charge >= 0.3 is 0 Å². The van der Waals surface area contributed by atoms with Crippen molar-refractivity contribution in [3.8, 4) is 11.5 Å². The molecule has 0 bridgehead atoms. The van der Waals surface area contributed by atoms with Crippen molar-refractivity contribution in [1.29, 1.82) is 0 Å². The van der Waals surface area contributed by atoms with E-state index in [-0.39, 0.29) is 12.7 Å². The molecule has 2 aromatic carbocycles. The fourth-order valence-electron chi connectivity index (χ4n) is 1.89. The average Bonchev–Trinajstić information content (AvgIpc) is 2.54. The lowest BCUT2D eigenvalue weighted by molar-refractivity contribution is -0.123. The second-order valence-electron chi connectivity index (χ2n) is 5.40. The molecule has 0 atom stereocenters. The van der Waals surface area contributed by atoms with Gasteiger partial charge in [-0.2, -0.15) is 5.10 Å². The first kappa shape index (κ1) is 19.1. The van der Waals surface area contributed by atoms with Crippen LogP contribution in [0.3, 0.4) is 0 Å². The summed E-state index contributed by atoms with van der Waals surface area (Å²) in [7, 11) is 0. The third-order valence-electron chi connectivity index (χ3n) is 2.89. The quantitative estimate of drug-likeness (QED) is 0.574. The molecular formula is C18H18Cl2N2O3. The highest BCUT2D eigenvalue weighted by atomic mass is 35.5. The number of ether oxygens (including phenoxy) is 2. The van der Waals surface area contributed by atoms with Crippen LogP contribution in [0.4, 0.5) is 0 Å². The maximum atomic E-state index is 11.8. The number of carbonyl (C=O) groups excluding carboxylic acids is 1. The van der Waals surface area contributed by atoms with E-state index >= 15 is 0 Å². The van der Waals surface area contributed by atoms with E-state index in [1.807, 2.05) is 38.1 Å². The third-order valence-corrected chi connectivity index (χ3v) is 3.42. The zero-order valence-electron chi connectivity index (χ0n) is 13.8. The van der Waals surface area contributed by atoms with E-state index in [1.165, 1.54) is 6.21 Å². The number of nitrogens with one attached hydrogen (secondary N) is 1. The fraction of sp³-hybridized carbons (Fsp3) is 0.222. The van der Waals surface area contributed by atoms with Gasteiger partial charge in [-0.15, -0.1) is 0 Å². The monoisotopic (exact) mass is 380 g/mol. The maximum Gasteiger partial charge on any atom is 0.277 e. The van der Waals surface area contributed by atoms with Gasteiger partial charge in [-0.05, 0) is 49.7 Å². The standard InChI is InChI=1S/C18H18Cl2N2O3/c1-12(2)25-15-5-3-4-13(8-15)10-21-22-18(23)11-24-17-7-6-14(19)9-16(17)20/h3-10,12H,11H2,1-2H3,(H,22,23)/b21-10+. The highest BCUT2D eigenvalue weighted by Crippen LogP contribution is 2.27. The molecule has 0 radical (unpaired) electrons. The van der Waals surface area contributed by atoms with Gasteiger partial charge in [0, 0.05) is 5.02 Å². The number of benzene rings is 2. The summed E-state index contributed by atoms with van der Waals surface area (Å²) in [4.78, 5) is 11.8. The largest absolute Gasteiger partial charge is 0.491 e. The van der Waals surface area contributed by atoms with Crippen molar-refractivity contribution >= 4 is 35.3 Å². The molecule has 7 heteroatoms. The molecule has 5 nitrogen and oxygen atoms in total. The van der Waals surface area contributed by atoms with Gasteiger partial charge in [0.25, 0.3) is 5.91 Å². The number of halogens is 2. The number of amides is 1. The van der Waals surface area contributed by atoms with Crippen LogP contribution < -0.4 is 14.9 Å². The Labute approximate surface area is 156 Å². The van der Waals surface area contributed by atoms with Crippen LogP contribution in [0, 0.1) is 0 Å². The molecule has 0 heterocycles. The van der Waals surface area contributed by atoms with Crippen LogP contribution in [0.5, 0.6) is 11.5 Å². The van der Waals surface area contributed by atoms with Gasteiger partial charge in [-0.3, -0.25) is 4.79 Å². The smallest absolute Gasteiger partial charge is 0.277 e. The van der Waals surface area contributed by atoms with Crippen molar-refractivity contribution in [1.82, 2.24) is 5.43 Å². The van der Waals surface area contributed by atoms with Gasteiger partial charge in [-0.1, -0.05) is 35.3 Å². The number of hydrazone groups is 1. The van der Waals surface area contributed by atoms with E-state index in [4.69, 9.17) is 32.7 Å². The van der Waals surface area contributed by atoms with Gasteiger partial charge in [0.2, 0.25) is 0 Å². The van der Waals surface area contributed by atoms with Crippen LogP contribution in [-0.4, -0.2) is 24.8 Å². The molecule has 2 aromatic rings. The third kappa shape index (κ3) is 6.64. The molecule has 0 spiro atoms. The molecule has 0 unspecified atom stereocenters. The molecule has 1 amide bonds. The minimum Gasteiger partial charge on any atom is -0.491 e. The van der Waals surface area contributed by atoms with Crippen LogP contribution in [0.2, 0.25) is 10.0 Å². The van der Waals surface area contributed by atoms with Gasteiger partial charge in [0.05, 0.1) is 17.3 Å². The molecule has 25 heavy (non-hydrogen) atoms. The normalized spacial score (nSPS) is 10.9. The van der Waals surface area contributed by atoms with Gasteiger partial charge in [-0.25, -0.2) is 5.43 Å². The summed E-state index contributed by atoms with van der Waals surface area (Å²) in [6.45, 7) is 3.69. The van der Waals surface area contributed by atoms with Crippen molar-refractivity contribution in [3.63, 3.8) is 0 Å². The number of carbonyl (C=O) groups is 1. The first-order valence-corrected chi connectivity index (χ1v) is 8.36. The van der Waals surface area contributed by atoms with Crippen molar-refractivity contribution in [2.45, 2.75) is 20.0 Å². The van der Waals surface area contributed by atoms with E-state index in [0.29, 0.717) is 15.8 Å². The minimum absolute atomic E-state index is 0.0868. The molecule has 0 fully saturated rings. The molecular weight excluding hydrogens is 363 g/mol. The average molecular weight is 381 g/mol. The lowest BCUT2D eigenvalue weighted by atomic mass is 10.2. The number of hydrogen-bond donors (Lipinski definition) is 1. The Kier molecular flexibility index (Phi) is 7.10. The molecule has 0 aliphatic carbocycles. The van der Waals surface area contributed by atoms with Gasteiger partial charge in [0.15, 0.2) is 6.61 Å². The van der Waals surface area contributed by atoms with Crippen molar-refractivity contribution in [2.24, 2.45) is 5.10 Å². The Morgan fingerprint density at radius 1 is 1.24 bits per heavy atom. The molecule has 0 aromatic heterocycles. The molecule has 0 aliphatic rings. The summed E-state index contributed by atoms with van der Waals surface area (Å²) in [5.41, 5.74) is 3.19.